The lowest BCUT2D eigenvalue weighted by Crippen LogP contribution is -2.50. The normalized spacial score (nSPS) is 10.6. The number of nitrogens with one attached hydrogen (secondary N) is 2. The van der Waals surface area contributed by atoms with E-state index in [0.717, 1.165) is 127 Å². The van der Waals surface area contributed by atoms with Crippen LogP contribution in [0.15, 0.2) is 0 Å². The fourth-order valence-corrected chi connectivity index (χ4v) is 12.3. The number of amides is 25. The van der Waals surface area contributed by atoms with E-state index in [9.17, 15) is 120 Å². The molecule has 0 heterocycles. The number of nitrogens with zero attached hydrogens (tertiary/aromatic N) is 24. The minimum absolute atomic E-state index is 0.00918. The van der Waals surface area contributed by atoms with Crippen molar-refractivity contribution in [3.05, 3.63) is 0 Å². The van der Waals surface area contributed by atoms with Gasteiger partial charge in [-0.25, -0.2) is 0 Å². The molecule has 51 heteroatoms. The SMILES string of the molecule is CCCCCCCCCCCCCCNC(=O)CN(C)C(=O)CN(C)C(=O)CN(C)C(=O)CN(C)C(=O)CN(C)C(=O)CN(C)C(=O)CN(C)C(=O)CN(C)C(=O)CN(C)C(=O)CN(C)C(=O)CN(C)C(=O)CN(C)C(=O)CN(C)C(=O)CN(C)C(=O)CN(C)C(=O)CN(C)C(=O)CN(C)C(=O)CN(C)C(=O)CN(C)C(=O)CN(C)C(=O)CN(C)C(=O)CN(C)C(=O)CN(C)C(=O)CN(C)C(=O)CNC. The highest BCUT2D eigenvalue weighted by molar-refractivity contribution is 5.99. The Morgan fingerprint density at radius 1 is 0.143 bits per heavy atom. The summed E-state index contributed by atoms with van der Waals surface area (Å²) in [6, 6.07) is 0. The first kappa shape index (κ1) is 127. The minimum Gasteiger partial charge on any atom is -0.355 e. The first-order valence-corrected chi connectivity index (χ1v) is 45.8. The molecule has 0 aromatic carbocycles. The van der Waals surface area contributed by atoms with Gasteiger partial charge in [-0.2, -0.15) is 0 Å². The maximum atomic E-state index is 13.2. The summed E-state index contributed by atoms with van der Waals surface area (Å²) in [6.07, 6.45) is 14.3. The molecule has 0 aliphatic rings. The average Bonchev–Trinajstić information content (AvgIpc) is 0.893. The van der Waals surface area contributed by atoms with Crippen molar-refractivity contribution < 1.29 is 120 Å². The van der Waals surface area contributed by atoms with Gasteiger partial charge in [0.25, 0.3) is 0 Å². The van der Waals surface area contributed by atoms with Gasteiger partial charge in [-0.1, -0.05) is 77.6 Å². The van der Waals surface area contributed by atoms with Crippen LogP contribution < -0.4 is 10.6 Å². The third-order valence-electron chi connectivity index (χ3n) is 22.8. The summed E-state index contributed by atoms with van der Waals surface area (Å²) in [5, 5.41) is 5.52. The first-order valence-electron chi connectivity index (χ1n) is 45.8. The van der Waals surface area contributed by atoms with Crippen molar-refractivity contribution >= 4 is 148 Å². The summed E-state index contributed by atoms with van der Waals surface area (Å²) in [5.74, 6) is -16.1. The number of hydrogen-bond donors (Lipinski definition) is 2. The van der Waals surface area contributed by atoms with Gasteiger partial charge in [0.1, 0.15) is 0 Å². The summed E-state index contributed by atoms with van der Waals surface area (Å²) >= 11 is 0. The highest BCUT2D eigenvalue weighted by Gasteiger charge is 2.33. The molecule has 0 saturated heterocycles. The molecule has 0 aliphatic carbocycles. The molecular weight excluding hydrogens is 1830 g/mol. The van der Waals surface area contributed by atoms with Crippen LogP contribution in [0, 0.1) is 0 Å². The molecule has 0 atom stereocenters. The van der Waals surface area contributed by atoms with Crippen LogP contribution in [-0.2, 0) is 120 Å². The standard InChI is InChI=1S/C89H156N26O25/c1-27-28-29-30-31-32-33-34-35-36-37-38-39-91-65(116)41-92(3)67(118)43-94(5)69(120)45-96(7)71(122)47-98(9)73(124)49-100(11)75(126)51-102(13)77(128)53-104(15)79(130)55-106(17)81(132)57-108(19)83(134)59-110(21)85(136)61-112(23)87(138)63-114(25)89(140)64-115(26)88(139)62-113(24)86(137)60-111(22)84(135)58-109(20)82(133)56-107(18)80(131)54-105(16)78(129)52-103(14)76(127)50-101(12)74(125)48-99(10)72(123)46-97(8)70(121)44-95(6)68(119)42-93(4)66(117)40-90-2/h90H,27-64H2,1-26H3,(H,91,116). The van der Waals surface area contributed by atoms with Crippen molar-refractivity contribution in [3.63, 3.8) is 0 Å². The fraction of sp³-hybridized carbons (Fsp3) is 0.719. The quantitative estimate of drug-likeness (QED) is 0.0534. The van der Waals surface area contributed by atoms with Crippen molar-refractivity contribution in [2.24, 2.45) is 0 Å². The number of carbonyl (C=O) groups excluding carboxylic acids is 25. The predicted molar refractivity (Wildman–Crippen MR) is 511 cm³/mol. The van der Waals surface area contributed by atoms with Crippen LogP contribution in [0.25, 0.3) is 0 Å². The highest BCUT2D eigenvalue weighted by atomic mass is 16.2. The Labute approximate surface area is 822 Å². The third-order valence-corrected chi connectivity index (χ3v) is 22.8. The van der Waals surface area contributed by atoms with Gasteiger partial charge in [-0.3, -0.25) is 120 Å². The van der Waals surface area contributed by atoms with Gasteiger partial charge in [0, 0.05) is 176 Å². The molecule has 0 spiro atoms. The van der Waals surface area contributed by atoms with E-state index in [1.165, 1.54) is 237 Å². The van der Waals surface area contributed by atoms with E-state index in [1.54, 1.807) is 7.05 Å². The number of likely N-dealkylation sites (N-methyl/N-ethyl adjacent to an activating group) is 25. The molecule has 792 valence electrons. The van der Waals surface area contributed by atoms with Gasteiger partial charge in [-0.05, 0) is 13.5 Å². The zero-order valence-electron chi connectivity index (χ0n) is 87.3. The van der Waals surface area contributed by atoms with Crippen molar-refractivity contribution in [1.29, 1.82) is 0 Å². The van der Waals surface area contributed by atoms with Crippen LogP contribution >= 0.6 is 0 Å². The molecule has 0 aliphatic heterocycles. The van der Waals surface area contributed by atoms with Crippen molar-refractivity contribution in [3.8, 4) is 0 Å². The van der Waals surface area contributed by atoms with E-state index in [1.807, 2.05) is 0 Å². The molecule has 25 amide bonds. The molecule has 0 fully saturated rings. The lowest BCUT2D eigenvalue weighted by molar-refractivity contribution is -0.147. The molecule has 2 N–H and O–H groups in total. The van der Waals surface area contributed by atoms with Gasteiger partial charge in [0.15, 0.2) is 0 Å². The molecule has 0 bridgehead atoms. The highest BCUT2D eigenvalue weighted by Crippen LogP contribution is 2.13. The predicted octanol–water partition coefficient (Wildman–Crippen LogP) is -8.98. The van der Waals surface area contributed by atoms with Crippen LogP contribution in [0.4, 0.5) is 0 Å². The Balaban J connectivity index is 5.01. The Kier molecular flexibility index (Phi) is 58.6. The van der Waals surface area contributed by atoms with Gasteiger partial charge in [0.2, 0.25) is 148 Å². The maximum Gasteiger partial charge on any atom is 0.242 e. The second-order valence-electron chi connectivity index (χ2n) is 35.8. The largest absolute Gasteiger partial charge is 0.355 e. The van der Waals surface area contributed by atoms with Gasteiger partial charge in [-0.15, -0.1) is 0 Å². The third kappa shape index (κ3) is 49.3. The van der Waals surface area contributed by atoms with Crippen molar-refractivity contribution in [1.82, 2.24) is 128 Å². The molecule has 0 saturated carbocycles. The zero-order chi connectivity index (χ0) is 108. The summed E-state index contributed by atoms with van der Waals surface area (Å²) in [7, 11) is 32.9. The fourth-order valence-electron chi connectivity index (χ4n) is 12.3. The van der Waals surface area contributed by atoms with E-state index < -0.39 is 273 Å². The van der Waals surface area contributed by atoms with Crippen LogP contribution in [0.5, 0.6) is 0 Å². The molecule has 140 heavy (non-hydrogen) atoms. The van der Waals surface area contributed by atoms with E-state index in [0.29, 0.717) is 6.54 Å². The van der Waals surface area contributed by atoms with Crippen molar-refractivity contribution in [2.75, 3.05) is 346 Å². The van der Waals surface area contributed by atoms with E-state index >= 15 is 0 Å². The molecule has 0 aromatic heterocycles. The topological polar surface area (TPSA) is 529 Å². The minimum atomic E-state index is -0.721. The lowest BCUT2D eigenvalue weighted by Gasteiger charge is -2.28. The molecule has 0 radical (unpaired) electrons. The number of hydrogen-bond acceptors (Lipinski definition) is 26. The number of unbranched alkanes of at least 4 members (excludes halogenated alkanes) is 11. The zero-order valence-corrected chi connectivity index (χ0v) is 87.3. The smallest absolute Gasteiger partial charge is 0.242 e. The molecular formula is C89H156N26O25. The molecule has 0 rings (SSSR count). The average molecular weight is 1990 g/mol. The van der Waals surface area contributed by atoms with E-state index in [2.05, 4.69) is 17.6 Å². The number of carbonyl (C=O) groups is 25. The van der Waals surface area contributed by atoms with Gasteiger partial charge < -0.3 is 128 Å². The molecule has 0 unspecified atom stereocenters. The lowest BCUT2D eigenvalue weighted by atomic mass is 10.1. The Morgan fingerprint density at radius 3 is 0.357 bits per heavy atom. The molecule has 0 aromatic rings. The maximum absolute atomic E-state index is 13.2. The van der Waals surface area contributed by atoms with Crippen molar-refractivity contribution in [2.45, 2.75) is 84.0 Å². The van der Waals surface area contributed by atoms with Crippen LogP contribution in [0.1, 0.15) is 84.0 Å². The Morgan fingerprint density at radius 2 is 0.243 bits per heavy atom. The van der Waals surface area contributed by atoms with Crippen LogP contribution in [0.3, 0.4) is 0 Å². The van der Waals surface area contributed by atoms with Gasteiger partial charge >= 0.3 is 0 Å². The van der Waals surface area contributed by atoms with E-state index in [-0.39, 0.29) is 38.0 Å². The van der Waals surface area contributed by atoms with Crippen LogP contribution in [-0.4, -0.2) is 612 Å². The van der Waals surface area contributed by atoms with Gasteiger partial charge in [0.05, 0.1) is 164 Å². The van der Waals surface area contributed by atoms with E-state index in [4.69, 9.17) is 0 Å². The Hall–Kier alpha value is -13.3. The second-order valence-corrected chi connectivity index (χ2v) is 35.8. The summed E-state index contributed by atoms with van der Waals surface area (Å²) < 4.78 is 0. The summed E-state index contributed by atoms with van der Waals surface area (Å²) in [4.78, 5) is 351. The number of rotatable bonds is 63. The monoisotopic (exact) mass is 1990 g/mol. The second kappa shape index (κ2) is 64.8. The summed E-state index contributed by atoms with van der Waals surface area (Å²) in [6.45, 7) is -9.13. The Bertz CT molecular complexity index is 4170. The summed E-state index contributed by atoms with van der Waals surface area (Å²) in [5.41, 5.74) is 0. The van der Waals surface area contributed by atoms with Crippen LogP contribution in [0.2, 0.25) is 0 Å². The first-order chi connectivity index (χ1) is 65.1. The molecule has 51 nitrogen and oxygen atoms in total.